The maximum atomic E-state index is 13.1. The molecule has 12 nitrogen and oxygen atoms in total. The second-order valence-corrected chi connectivity index (χ2v) is 17.5. The highest BCUT2D eigenvalue weighted by molar-refractivity contribution is 7.91. The topological polar surface area (TPSA) is 190 Å². The zero-order valence-corrected chi connectivity index (χ0v) is 32.6. The fraction of sp³-hybridized carbons (Fsp3) is 0.550. The number of amides is 1. The molecule has 3 aromatic rings. The Hall–Kier alpha value is -3.14. The van der Waals surface area contributed by atoms with Gasteiger partial charge in [0.1, 0.15) is 24.1 Å². The lowest BCUT2D eigenvalue weighted by Gasteiger charge is -2.30. The molecule has 1 aromatic heterocycles. The number of aromatic nitrogens is 1. The Morgan fingerprint density at radius 1 is 1.04 bits per heavy atom. The Kier molecular flexibility index (Phi) is 14.5. The third-order valence-electron chi connectivity index (χ3n) is 10.6. The molecule has 2 aliphatic carbocycles. The molecule has 5 unspecified atom stereocenters. The molecule has 0 bridgehead atoms. The monoisotopic (exact) mass is 787 g/mol. The van der Waals surface area contributed by atoms with Crippen LogP contribution in [0.2, 0.25) is 5.02 Å². The molecular formula is C40H54ClN3O9S. The van der Waals surface area contributed by atoms with E-state index in [1.807, 2.05) is 42.7 Å². The molecule has 14 heteroatoms. The number of benzene rings is 2. The molecule has 0 spiro atoms. The van der Waals surface area contributed by atoms with Gasteiger partial charge in [-0.15, -0.1) is 0 Å². The van der Waals surface area contributed by atoms with Gasteiger partial charge in [-0.1, -0.05) is 62.2 Å². The van der Waals surface area contributed by atoms with E-state index in [0.29, 0.717) is 24.4 Å². The van der Waals surface area contributed by atoms with Crippen LogP contribution >= 0.6 is 11.6 Å². The van der Waals surface area contributed by atoms with Crippen LogP contribution in [-0.4, -0.2) is 111 Å². The zero-order chi connectivity index (χ0) is 39.0. The molecule has 2 aromatic carbocycles. The van der Waals surface area contributed by atoms with Gasteiger partial charge in [-0.25, -0.2) is 8.42 Å². The number of hydrogen-bond acceptors (Lipinski definition) is 11. The van der Waals surface area contributed by atoms with Crippen molar-refractivity contribution in [2.75, 3.05) is 31.2 Å². The van der Waals surface area contributed by atoms with Gasteiger partial charge in [0.25, 0.3) is 5.91 Å². The summed E-state index contributed by atoms with van der Waals surface area (Å²) in [7, 11) is -3.44. The van der Waals surface area contributed by atoms with Crippen molar-refractivity contribution in [2.24, 2.45) is 0 Å². The number of rotatable bonds is 22. The van der Waals surface area contributed by atoms with Gasteiger partial charge in [-0.3, -0.25) is 9.78 Å². The summed E-state index contributed by atoms with van der Waals surface area (Å²) in [5.74, 6) is -0.390. The van der Waals surface area contributed by atoms with Crippen LogP contribution < -0.4 is 10.1 Å². The lowest BCUT2D eigenvalue weighted by molar-refractivity contribution is -0.158. The van der Waals surface area contributed by atoms with Crippen LogP contribution in [0.5, 0.6) is 5.75 Å². The number of carbonyl (C=O) groups excluding carboxylic acids is 1. The van der Waals surface area contributed by atoms with Gasteiger partial charge >= 0.3 is 0 Å². The molecule has 0 radical (unpaired) electrons. The highest BCUT2D eigenvalue weighted by Gasteiger charge is 2.46. The van der Waals surface area contributed by atoms with Gasteiger partial charge in [0, 0.05) is 53.9 Å². The number of pyridine rings is 1. The first-order valence-corrected chi connectivity index (χ1v) is 21.0. The van der Waals surface area contributed by atoms with Crippen LogP contribution in [0.25, 0.3) is 11.1 Å². The van der Waals surface area contributed by atoms with Crippen molar-refractivity contribution in [3.05, 3.63) is 82.6 Å². The van der Waals surface area contributed by atoms with Crippen molar-refractivity contribution < 1.29 is 43.5 Å². The number of para-hydroxylation sites is 1. The number of halogens is 1. The van der Waals surface area contributed by atoms with Crippen molar-refractivity contribution >= 4 is 27.3 Å². The van der Waals surface area contributed by atoms with E-state index in [4.69, 9.17) is 21.4 Å². The van der Waals surface area contributed by atoms with Gasteiger partial charge in [-0.2, -0.15) is 0 Å². The molecule has 5 rings (SSSR count). The van der Waals surface area contributed by atoms with Crippen LogP contribution in [0.1, 0.15) is 81.4 Å². The second-order valence-electron chi connectivity index (χ2n) is 14.7. The van der Waals surface area contributed by atoms with Gasteiger partial charge in [-0.05, 0) is 84.9 Å². The number of sulfone groups is 1. The van der Waals surface area contributed by atoms with E-state index >= 15 is 0 Å². The number of ether oxygens (including phenoxy) is 1. The predicted molar refractivity (Wildman–Crippen MR) is 207 cm³/mol. The highest BCUT2D eigenvalue weighted by Crippen LogP contribution is 2.50. The third-order valence-corrected chi connectivity index (χ3v) is 12.6. The fourth-order valence-electron chi connectivity index (χ4n) is 6.64. The van der Waals surface area contributed by atoms with E-state index in [1.54, 1.807) is 0 Å². The van der Waals surface area contributed by atoms with E-state index in [2.05, 4.69) is 35.4 Å². The van der Waals surface area contributed by atoms with E-state index in [-0.39, 0.29) is 42.2 Å². The molecule has 296 valence electrons. The lowest BCUT2D eigenvalue weighted by Crippen LogP contribution is -2.53. The van der Waals surface area contributed by atoms with E-state index in [0.717, 1.165) is 70.6 Å². The standard InChI is InChI=1S/C40H54ClN3O9S/c1-3-54(51,52)21-20-44(39(50)38(49)37(48)36(47)34(46)25-45)19-7-6-8-26(2)27-11-14-33(41)28(22-27)23-43-40(16-17-40)32-24-42-18-15-30(32)31-9-4-5-10-35(31)53-29-12-13-29/h4-5,9-11,14-15,18,22,24,26,29,34,36-38,43,45-49H,3,6-8,12-13,16-17,19-21,23,25H2,1-2H3. The van der Waals surface area contributed by atoms with E-state index < -0.39 is 46.8 Å². The number of nitrogens with zero attached hydrogens (tertiary/aromatic N) is 2. The van der Waals surface area contributed by atoms with E-state index in [9.17, 15) is 33.6 Å². The Morgan fingerprint density at radius 2 is 1.78 bits per heavy atom. The molecule has 2 aliphatic rings. The summed E-state index contributed by atoms with van der Waals surface area (Å²) in [6.07, 6.45) is 2.11. The number of unbranched alkanes of at least 4 members (excludes halogenated alkanes) is 1. The minimum atomic E-state index is -3.44. The van der Waals surface area contributed by atoms with Gasteiger partial charge in [0.15, 0.2) is 15.9 Å². The number of hydrogen-bond donors (Lipinski definition) is 6. The Bertz CT molecular complexity index is 1820. The smallest absolute Gasteiger partial charge is 0.254 e. The number of carbonyl (C=O) groups is 1. The van der Waals surface area contributed by atoms with Crippen LogP contribution in [0.4, 0.5) is 0 Å². The molecule has 6 N–H and O–H groups in total. The number of aliphatic hydroxyl groups is 5. The van der Waals surface area contributed by atoms with Crippen LogP contribution in [0, 0.1) is 0 Å². The normalized spacial score (nSPS) is 18.0. The van der Waals surface area contributed by atoms with Crippen molar-refractivity contribution in [1.82, 2.24) is 15.2 Å². The lowest BCUT2D eigenvalue weighted by atomic mass is 9.93. The summed E-state index contributed by atoms with van der Waals surface area (Å²) in [5, 5.41) is 54.0. The number of aliphatic hydroxyl groups excluding tert-OH is 5. The summed E-state index contributed by atoms with van der Waals surface area (Å²) in [5.41, 5.74) is 5.15. The molecule has 0 aliphatic heterocycles. The van der Waals surface area contributed by atoms with Crippen molar-refractivity contribution in [2.45, 2.75) is 107 Å². The average molecular weight is 788 g/mol. The Labute approximate surface area is 323 Å². The van der Waals surface area contributed by atoms with Gasteiger partial charge in [0.2, 0.25) is 0 Å². The first-order chi connectivity index (χ1) is 25.8. The van der Waals surface area contributed by atoms with Gasteiger partial charge < -0.3 is 40.5 Å². The zero-order valence-electron chi connectivity index (χ0n) is 31.0. The molecular weight excluding hydrogens is 734 g/mol. The molecule has 0 saturated heterocycles. The summed E-state index contributed by atoms with van der Waals surface area (Å²) in [6.45, 7) is 3.18. The highest BCUT2D eigenvalue weighted by atomic mass is 35.5. The predicted octanol–water partition coefficient (Wildman–Crippen LogP) is 3.70. The Morgan fingerprint density at radius 3 is 2.46 bits per heavy atom. The van der Waals surface area contributed by atoms with Crippen LogP contribution in [0.3, 0.4) is 0 Å². The third kappa shape index (κ3) is 10.8. The van der Waals surface area contributed by atoms with Crippen LogP contribution in [-0.2, 0) is 26.7 Å². The quantitative estimate of drug-likeness (QED) is 0.0815. The molecule has 5 atom stereocenters. The Balaban J connectivity index is 1.20. The van der Waals surface area contributed by atoms with Crippen molar-refractivity contribution in [3.63, 3.8) is 0 Å². The van der Waals surface area contributed by atoms with Crippen molar-refractivity contribution in [1.29, 1.82) is 0 Å². The molecule has 2 fully saturated rings. The summed E-state index contributed by atoms with van der Waals surface area (Å²) >= 11 is 6.73. The molecule has 54 heavy (non-hydrogen) atoms. The largest absolute Gasteiger partial charge is 0.490 e. The summed E-state index contributed by atoms with van der Waals surface area (Å²) < 4.78 is 30.7. The summed E-state index contributed by atoms with van der Waals surface area (Å²) in [4.78, 5) is 18.8. The van der Waals surface area contributed by atoms with Gasteiger partial charge in [0.05, 0.1) is 18.5 Å². The first kappa shape index (κ1) is 42.0. The first-order valence-electron chi connectivity index (χ1n) is 18.9. The van der Waals surface area contributed by atoms with Crippen LogP contribution in [0.15, 0.2) is 60.9 Å². The average Bonchev–Trinajstić information content (AvgIpc) is 4.13. The minimum Gasteiger partial charge on any atom is -0.490 e. The maximum absolute atomic E-state index is 13.1. The number of nitrogens with one attached hydrogen (secondary N) is 1. The molecule has 2 saturated carbocycles. The minimum absolute atomic E-state index is 0.110. The second kappa shape index (κ2) is 18.7. The fourth-order valence-corrected chi connectivity index (χ4v) is 7.61. The van der Waals surface area contributed by atoms with Crippen molar-refractivity contribution in [3.8, 4) is 16.9 Å². The maximum Gasteiger partial charge on any atom is 0.254 e. The van der Waals surface area contributed by atoms with E-state index in [1.165, 1.54) is 6.92 Å². The summed E-state index contributed by atoms with van der Waals surface area (Å²) in [6, 6.07) is 16.3. The SMILES string of the molecule is CCS(=O)(=O)CCN(CCCCC(C)c1ccc(Cl)c(CNC2(c3cnccc3-c3ccccc3OC3CC3)CC2)c1)C(=O)C(O)C(O)C(O)C(O)CO. The molecule has 1 heterocycles. The molecule has 1 amide bonds.